The van der Waals surface area contributed by atoms with Gasteiger partial charge in [-0.25, -0.2) is 14.8 Å². The summed E-state index contributed by atoms with van der Waals surface area (Å²) in [6, 6.07) is 11.6. The van der Waals surface area contributed by atoms with Gasteiger partial charge in [-0.1, -0.05) is 65.0 Å². The van der Waals surface area contributed by atoms with E-state index in [9.17, 15) is 19.5 Å². The number of esters is 1. The predicted octanol–water partition coefficient (Wildman–Crippen LogP) is 3.86. The zero-order valence-electron chi connectivity index (χ0n) is 27.4. The van der Waals surface area contributed by atoms with E-state index in [4.69, 9.17) is 23.3 Å². The van der Waals surface area contributed by atoms with Crippen LogP contribution in [-0.4, -0.2) is 58.3 Å². The summed E-state index contributed by atoms with van der Waals surface area (Å²) in [6.07, 6.45) is -0.646. The largest absolute Gasteiger partial charge is 0.469 e. The van der Waals surface area contributed by atoms with Crippen LogP contribution >= 0.6 is 0 Å². The van der Waals surface area contributed by atoms with Crippen molar-refractivity contribution >= 4 is 23.5 Å². The first-order valence-corrected chi connectivity index (χ1v) is 15.8. The summed E-state index contributed by atoms with van der Waals surface area (Å²) in [5.41, 5.74) is 1.57. The Morgan fingerprint density at radius 2 is 1.88 bits per heavy atom. The topological polar surface area (TPSA) is 178 Å². The second-order valence-corrected chi connectivity index (χ2v) is 13.8. The van der Waals surface area contributed by atoms with E-state index in [2.05, 4.69) is 20.9 Å². The Balaban J connectivity index is 1.49. The Hall–Kier alpha value is -5.17. The van der Waals surface area contributed by atoms with E-state index in [1.54, 1.807) is 13.8 Å². The molecule has 5 atom stereocenters. The number of carbonyl (C=O) groups excluding carboxylic acids is 3. The maximum atomic E-state index is 14.1. The SMILES string of the molecule is COC(=O)c1coc(-c2nc3oc2C24c5ccccc5N[C@H]2Oc2ccc(cc24)C[C@H](NC(=O)[C@@H](O)C(C)C)C(=O)N[C@H]3C(C)(C)C)n1. The van der Waals surface area contributed by atoms with Gasteiger partial charge in [0, 0.05) is 17.7 Å². The van der Waals surface area contributed by atoms with E-state index in [-0.39, 0.29) is 35.5 Å². The number of hydrogen-bond acceptors (Lipinski definition) is 11. The van der Waals surface area contributed by atoms with Gasteiger partial charge in [-0.3, -0.25) is 9.59 Å². The number of aromatic nitrogens is 2. The molecule has 1 spiro atoms. The molecule has 0 aliphatic carbocycles. The van der Waals surface area contributed by atoms with E-state index in [1.165, 1.54) is 13.4 Å². The molecule has 1 unspecified atom stereocenters. The highest BCUT2D eigenvalue weighted by Gasteiger charge is 2.61. The van der Waals surface area contributed by atoms with Crippen molar-refractivity contribution in [1.82, 2.24) is 20.6 Å². The van der Waals surface area contributed by atoms with Crippen LogP contribution in [0.2, 0.25) is 0 Å². The number of benzene rings is 2. The average molecular weight is 656 g/mol. The van der Waals surface area contributed by atoms with Crippen LogP contribution in [0.4, 0.5) is 5.69 Å². The van der Waals surface area contributed by atoms with Crippen molar-refractivity contribution < 1.29 is 37.8 Å². The van der Waals surface area contributed by atoms with Crippen LogP contribution in [0.1, 0.15) is 79.5 Å². The summed E-state index contributed by atoms with van der Waals surface area (Å²) in [6.45, 7) is 9.24. The predicted molar refractivity (Wildman–Crippen MR) is 171 cm³/mol. The van der Waals surface area contributed by atoms with Crippen molar-refractivity contribution in [2.45, 2.75) is 70.9 Å². The number of ether oxygens (including phenoxy) is 2. The number of amides is 2. The van der Waals surface area contributed by atoms with Crippen molar-refractivity contribution in [1.29, 1.82) is 0 Å². The second kappa shape index (κ2) is 11.2. The second-order valence-electron chi connectivity index (χ2n) is 13.8. The third kappa shape index (κ3) is 4.83. The number of nitrogens with one attached hydrogen (secondary N) is 3. The minimum atomic E-state index is -1.30. The van der Waals surface area contributed by atoms with Crippen LogP contribution in [0.15, 0.2) is 57.6 Å². The van der Waals surface area contributed by atoms with Gasteiger partial charge in [-0.2, -0.15) is 0 Å². The van der Waals surface area contributed by atoms with E-state index < -0.39 is 53.0 Å². The molecule has 5 heterocycles. The van der Waals surface area contributed by atoms with Gasteiger partial charge in [-0.15, -0.1) is 0 Å². The van der Waals surface area contributed by atoms with Crippen LogP contribution in [-0.2, 0) is 26.2 Å². The average Bonchev–Trinajstić information content (AvgIpc) is 3.82. The fourth-order valence-electron chi connectivity index (χ4n) is 6.70. The molecule has 4 aromatic rings. The number of methoxy groups -OCH3 is 1. The van der Waals surface area contributed by atoms with Gasteiger partial charge >= 0.3 is 5.97 Å². The van der Waals surface area contributed by atoms with Crippen LogP contribution < -0.4 is 20.7 Å². The number of carbonyl (C=O) groups is 3. The first-order valence-electron chi connectivity index (χ1n) is 15.8. The fourth-order valence-corrected chi connectivity index (χ4v) is 6.70. The highest BCUT2D eigenvalue weighted by atomic mass is 16.5. The number of aliphatic hydroxyl groups is 1. The van der Waals surface area contributed by atoms with Crippen LogP contribution in [0, 0.1) is 11.3 Å². The van der Waals surface area contributed by atoms with Gasteiger partial charge in [0.1, 0.15) is 35.6 Å². The molecule has 2 aromatic carbocycles. The Morgan fingerprint density at radius 1 is 1.10 bits per heavy atom. The molecule has 13 nitrogen and oxygen atoms in total. The Bertz CT molecular complexity index is 1940. The lowest BCUT2D eigenvalue weighted by Gasteiger charge is -2.32. The molecular formula is C35H37N5O8. The normalized spacial score (nSPS) is 23.1. The molecule has 7 rings (SSSR count). The molecular weight excluding hydrogens is 618 g/mol. The molecule has 4 N–H and O–H groups in total. The van der Waals surface area contributed by atoms with Crippen LogP contribution in [0.3, 0.4) is 0 Å². The van der Waals surface area contributed by atoms with Crippen molar-refractivity contribution in [2.75, 3.05) is 12.4 Å². The minimum absolute atomic E-state index is 0.0178. The smallest absolute Gasteiger partial charge is 0.360 e. The van der Waals surface area contributed by atoms with Gasteiger partial charge in [-0.05, 0) is 34.6 Å². The van der Waals surface area contributed by atoms with E-state index in [0.29, 0.717) is 11.5 Å². The lowest BCUT2D eigenvalue weighted by molar-refractivity contribution is -0.136. The highest BCUT2D eigenvalue weighted by Crippen LogP contribution is 2.59. The van der Waals surface area contributed by atoms with Gasteiger partial charge in [0.15, 0.2) is 23.4 Å². The maximum absolute atomic E-state index is 14.1. The molecule has 0 fully saturated rings. The molecule has 3 aliphatic rings. The molecule has 2 amide bonds. The summed E-state index contributed by atoms with van der Waals surface area (Å²) in [7, 11) is 1.25. The lowest BCUT2D eigenvalue weighted by atomic mass is 9.72. The number of rotatable bonds is 5. The fraction of sp³-hybridized carbons (Fsp3) is 0.400. The number of fused-ring (bicyclic) bond motifs is 4. The van der Waals surface area contributed by atoms with E-state index in [0.717, 1.165) is 22.4 Å². The molecule has 0 saturated carbocycles. The first kappa shape index (κ1) is 31.4. The number of hydrogen-bond donors (Lipinski definition) is 4. The molecule has 13 heteroatoms. The van der Waals surface area contributed by atoms with Crippen molar-refractivity contribution in [2.24, 2.45) is 11.3 Å². The minimum Gasteiger partial charge on any atom is -0.469 e. The number of oxazole rings is 2. The number of aliphatic hydroxyl groups excluding tert-OH is 1. The summed E-state index contributed by atoms with van der Waals surface area (Å²) in [5, 5.41) is 19.9. The van der Waals surface area contributed by atoms with E-state index >= 15 is 0 Å². The molecule has 2 aromatic heterocycles. The van der Waals surface area contributed by atoms with Crippen molar-refractivity contribution in [3.63, 3.8) is 0 Å². The van der Waals surface area contributed by atoms with Crippen molar-refractivity contribution in [3.05, 3.63) is 82.8 Å². The summed E-state index contributed by atoms with van der Waals surface area (Å²) >= 11 is 0. The number of nitrogens with zero attached hydrogens (tertiary/aromatic N) is 2. The zero-order chi connectivity index (χ0) is 34.1. The third-order valence-corrected chi connectivity index (χ3v) is 9.22. The van der Waals surface area contributed by atoms with Gasteiger partial charge < -0.3 is 39.4 Å². The number of anilines is 1. The van der Waals surface area contributed by atoms with Gasteiger partial charge in [0.25, 0.3) is 0 Å². The number of para-hydroxylation sites is 1. The molecule has 4 bridgehead atoms. The molecule has 250 valence electrons. The van der Waals surface area contributed by atoms with Crippen LogP contribution in [0.5, 0.6) is 5.75 Å². The third-order valence-electron chi connectivity index (χ3n) is 9.22. The Kier molecular flexibility index (Phi) is 7.35. The monoisotopic (exact) mass is 655 g/mol. The quantitative estimate of drug-likeness (QED) is 0.230. The maximum Gasteiger partial charge on any atom is 0.360 e. The first-order chi connectivity index (χ1) is 22.8. The Morgan fingerprint density at radius 3 is 2.60 bits per heavy atom. The molecule has 0 saturated heterocycles. The van der Waals surface area contributed by atoms with Gasteiger partial charge in [0.05, 0.1) is 7.11 Å². The Labute approximate surface area is 276 Å². The van der Waals surface area contributed by atoms with Gasteiger partial charge in [0.2, 0.25) is 23.6 Å². The van der Waals surface area contributed by atoms with Crippen LogP contribution in [0.25, 0.3) is 11.6 Å². The zero-order valence-corrected chi connectivity index (χ0v) is 27.4. The molecule has 48 heavy (non-hydrogen) atoms. The summed E-state index contributed by atoms with van der Waals surface area (Å²) in [5.74, 6) is -1.06. The standard InChI is InChI=1S/C35H37N5O8/c1-16(2)25(41)29(43)36-21-14-17-11-12-23-19(13-17)35(18-9-7-8-10-20(18)38-33(35)47-23)27-24(30-37-22(15-46-30)32(44)45-6)39-31(48-27)26(34(3,4)5)40-28(21)42/h7-13,15-16,21,25-26,33,38,41H,14H2,1-6H3,(H,36,43)(H,40,42)/t21-,25-,26+,33-,35?/m0/s1. The highest BCUT2D eigenvalue weighted by molar-refractivity contribution is 5.90. The lowest BCUT2D eigenvalue weighted by Crippen LogP contribution is -2.53. The summed E-state index contributed by atoms with van der Waals surface area (Å²) in [4.78, 5) is 48.9. The van der Waals surface area contributed by atoms with Crippen molar-refractivity contribution in [3.8, 4) is 17.3 Å². The summed E-state index contributed by atoms with van der Waals surface area (Å²) < 4.78 is 24.1. The molecule has 0 radical (unpaired) electrons. The molecule has 3 aliphatic heterocycles. The van der Waals surface area contributed by atoms with E-state index in [1.807, 2.05) is 63.2 Å².